The molecule has 0 aromatic heterocycles. The number of aryl methyl sites for hydroxylation is 2. The number of hydrogen-bond acceptors (Lipinski definition) is 3. The van der Waals surface area contributed by atoms with Crippen molar-refractivity contribution in [3.05, 3.63) is 28.8 Å². The second-order valence-corrected chi connectivity index (χ2v) is 5.63. The average molecular weight is 262 g/mol. The third-order valence-electron chi connectivity index (χ3n) is 4.04. The van der Waals surface area contributed by atoms with E-state index in [1.807, 2.05) is 0 Å². The van der Waals surface area contributed by atoms with Gasteiger partial charge in [0, 0.05) is 19.1 Å². The summed E-state index contributed by atoms with van der Waals surface area (Å²) in [7, 11) is 3.81. The van der Waals surface area contributed by atoms with Crippen LogP contribution in [0.2, 0.25) is 0 Å². The molecule has 3 nitrogen and oxygen atoms in total. The Labute approximate surface area is 116 Å². The van der Waals surface area contributed by atoms with Crippen LogP contribution in [0.1, 0.15) is 29.5 Å². The molecule has 2 rings (SSSR count). The molecular formula is C16H26N2O. The standard InChI is InChI=1S/C16H26N2O/c1-12-8-14(9-13(2)16(12)19-4)10-18-7-5-6-15(11-18)17-3/h8-9,15,17H,5-7,10-11H2,1-4H3. The van der Waals surface area contributed by atoms with Gasteiger partial charge in [0.1, 0.15) is 5.75 Å². The number of rotatable bonds is 4. The molecule has 0 amide bonds. The molecule has 1 aliphatic heterocycles. The average Bonchev–Trinajstić information content (AvgIpc) is 2.38. The van der Waals surface area contributed by atoms with Gasteiger partial charge in [0.2, 0.25) is 0 Å². The second kappa shape index (κ2) is 6.40. The third-order valence-corrected chi connectivity index (χ3v) is 4.04. The Morgan fingerprint density at radius 3 is 2.58 bits per heavy atom. The first kappa shape index (κ1) is 14.4. The van der Waals surface area contributed by atoms with E-state index in [2.05, 4.69) is 43.2 Å². The summed E-state index contributed by atoms with van der Waals surface area (Å²) in [5, 5.41) is 3.40. The van der Waals surface area contributed by atoms with Gasteiger partial charge < -0.3 is 10.1 Å². The fourth-order valence-corrected chi connectivity index (χ4v) is 3.15. The fraction of sp³-hybridized carbons (Fsp3) is 0.625. The zero-order valence-corrected chi connectivity index (χ0v) is 12.6. The largest absolute Gasteiger partial charge is 0.496 e. The maximum absolute atomic E-state index is 5.43. The maximum Gasteiger partial charge on any atom is 0.124 e. The van der Waals surface area contributed by atoms with Crippen LogP contribution in [0, 0.1) is 13.8 Å². The Kier molecular flexibility index (Phi) is 4.83. The minimum Gasteiger partial charge on any atom is -0.496 e. The molecule has 0 saturated carbocycles. The van der Waals surface area contributed by atoms with Crippen molar-refractivity contribution in [2.45, 2.75) is 39.3 Å². The number of methoxy groups -OCH3 is 1. The number of likely N-dealkylation sites (tertiary alicyclic amines) is 1. The van der Waals surface area contributed by atoms with Gasteiger partial charge in [-0.2, -0.15) is 0 Å². The monoisotopic (exact) mass is 262 g/mol. The number of nitrogens with one attached hydrogen (secondary N) is 1. The highest BCUT2D eigenvalue weighted by Crippen LogP contribution is 2.25. The summed E-state index contributed by atoms with van der Waals surface area (Å²) in [4.78, 5) is 2.55. The SMILES string of the molecule is CNC1CCCN(Cc2cc(C)c(OC)c(C)c2)C1. The smallest absolute Gasteiger partial charge is 0.124 e. The lowest BCUT2D eigenvalue weighted by molar-refractivity contribution is 0.188. The van der Waals surface area contributed by atoms with Gasteiger partial charge in [0.25, 0.3) is 0 Å². The topological polar surface area (TPSA) is 24.5 Å². The van der Waals surface area contributed by atoms with Crippen LogP contribution in [0.3, 0.4) is 0 Å². The van der Waals surface area contributed by atoms with E-state index in [4.69, 9.17) is 4.74 Å². The van der Waals surface area contributed by atoms with E-state index < -0.39 is 0 Å². The van der Waals surface area contributed by atoms with E-state index in [1.165, 1.54) is 36.1 Å². The molecule has 1 N–H and O–H groups in total. The molecule has 0 radical (unpaired) electrons. The van der Waals surface area contributed by atoms with Gasteiger partial charge >= 0.3 is 0 Å². The van der Waals surface area contributed by atoms with Crippen LogP contribution in [0.4, 0.5) is 0 Å². The van der Waals surface area contributed by atoms with Gasteiger partial charge in [0.05, 0.1) is 7.11 Å². The van der Waals surface area contributed by atoms with Crippen LogP contribution in [-0.2, 0) is 6.54 Å². The van der Waals surface area contributed by atoms with E-state index in [-0.39, 0.29) is 0 Å². The number of piperidine rings is 1. The summed E-state index contributed by atoms with van der Waals surface area (Å²) in [6.45, 7) is 7.66. The van der Waals surface area contributed by atoms with E-state index >= 15 is 0 Å². The normalized spacial score (nSPS) is 20.5. The number of hydrogen-bond donors (Lipinski definition) is 1. The van der Waals surface area contributed by atoms with Crippen LogP contribution in [0.15, 0.2) is 12.1 Å². The van der Waals surface area contributed by atoms with Gasteiger partial charge in [0.15, 0.2) is 0 Å². The fourth-order valence-electron chi connectivity index (χ4n) is 3.15. The van der Waals surface area contributed by atoms with Gasteiger partial charge in [-0.05, 0) is 57.0 Å². The summed E-state index contributed by atoms with van der Waals surface area (Å²) in [6.07, 6.45) is 2.59. The van der Waals surface area contributed by atoms with E-state index in [0.29, 0.717) is 6.04 Å². The molecule has 1 aromatic rings. The molecule has 1 atom stereocenters. The Morgan fingerprint density at radius 2 is 2.00 bits per heavy atom. The van der Waals surface area contributed by atoms with Crippen LogP contribution in [0.25, 0.3) is 0 Å². The molecule has 0 spiro atoms. The first-order chi connectivity index (χ1) is 9.13. The molecule has 1 aromatic carbocycles. The Balaban J connectivity index is 2.07. The molecule has 0 aliphatic carbocycles. The molecule has 1 saturated heterocycles. The number of benzene rings is 1. The van der Waals surface area contributed by atoms with Crippen LogP contribution in [-0.4, -0.2) is 38.2 Å². The highest BCUT2D eigenvalue weighted by Gasteiger charge is 2.18. The van der Waals surface area contributed by atoms with E-state index in [1.54, 1.807) is 7.11 Å². The summed E-state index contributed by atoms with van der Waals surface area (Å²) < 4.78 is 5.43. The lowest BCUT2D eigenvalue weighted by Gasteiger charge is -2.32. The predicted octanol–water partition coefficient (Wildman–Crippen LogP) is 2.50. The summed E-state index contributed by atoms with van der Waals surface area (Å²) in [5.74, 6) is 1.02. The Hall–Kier alpha value is -1.06. The molecule has 106 valence electrons. The first-order valence-electron chi connectivity index (χ1n) is 7.17. The summed E-state index contributed by atoms with van der Waals surface area (Å²) in [5.41, 5.74) is 3.87. The van der Waals surface area contributed by atoms with Gasteiger partial charge in [-0.25, -0.2) is 0 Å². The molecule has 1 unspecified atom stereocenters. The van der Waals surface area contributed by atoms with Crippen molar-refractivity contribution in [2.75, 3.05) is 27.2 Å². The van der Waals surface area contributed by atoms with Crippen LogP contribution >= 0.6 is 0 Å². The van der Waals surface area contributed by atoms with Crippen molar-refractivity contribution in [3.63, 3.8) is 0 Å². The van der Waals surface area contributed by atoms with Crippen LogP contribution < -0.4 is 10.1 Å². The molecule has 1 fully saturated rings. The number of ether oxygens (including phenoxy) is 1. The summed E-state index contributed by atoms with van der Waals surface area (Å²) >= 11 is 0. The molecule has 1 heterocycles. The number of likely N-dealkylation sites (N-methyl/N-ethyl adjacent to an activating group) is 1. The van der Waals surface area contributed by atoms with Gasteiger partial charge in [-0.1, -0.05) is 12.1 Å². The lowest BCUT2D eigenvalue weighted by Crippen LogP contribution is -2.43. The third kappa shape index (κ3) is 3.48. The van der Waals surface area contributed by atoms with Crippen molar-refractivity contribution in [3.8, 4) is 5.75 Å². The predicted molar refractivity (Wildman–Crippen MR) is 79.8 cm³/mol. The molecule has 1 aliphatic rings. The molecule has 3 heteroatoms. The molecule has 0 bridgehead atoms. The van der Waals surface area contributed by atoms with E-state index in [9.17, 15) is 0 Å². The van der Waals surface area contributed by atoms with Crippen molar-refractivity contribution in [2.24, 2.45) is 0 Å². The lowest BCUT2D eigenvalue weighted by atomic mass is 10.0. The minimum atomic E-state index is 0.647. The summed E-state index contributed by atoms with van der Waals surface area (Å²) in [6, 6.07) is 5.16. The Morgan fingerprint density at radius 1 is 1.32 bits per heavy atom. The van der Waals surface area contributed by atoms with Crippen molar-refractivity contribution < 1.29 is 4.74 Å². The zero-order valence-electron chi connectivity index (χ0n) is 12.6. The molecular weight excluding hydrogens is 236 g/mol. The minimum absolute atomic E-state index is 0.647. The number of nitrogens with zero attached hydrogens (tertiary/aromatic N) is 1. The highest BCUT2D eigenvalue weighted by molar-refractivity contribution is 5.43. The first-order valence-corrected chi connectivity index (χ1v) is 7.17. The molecule has 19 heavy (non-hydrogen) atoms. The zero-order chi connectivity index (χ0) is 13.8. The van der Waals surface area contributed by atoms with Gasteiger partial charge in [-0.3, -0.25) is 4.90 Å². The maximum atomic E-state index is 5.43. The van der Waals surface area contributed by atoms with Crippen LogP contribution in [0.5, 0.6) is 5.75 Å². The van der Waals surface area contributed by atoms with E-state index in [0.717, 1.165) is 18.8 Å². The highest BCUT2D eigenvalue weighted by atomic mass is 16.5. The van der Waals surface area contributed by atoms with Gasteiger partial charge in [-0.15, -0.1) is 0 Å². The second-order valence-electron chi connectivity index (χ2n) is 5.63. The van der Waals surface area contributed by atoms with Crippen molar-refractivity contribution in [1.29, 1.82) is 0 Å². The van der Waals surface area contributed by atoms with Crippen molar-refractivity contribution >= 4 is 0 Å². The Bertz CT molecular complexity index is 408. The van der Waals surface area contributed by atoms with Crippen molar-refractivity contribution in [1.82, 2.24) is 10.2 Å². The quantitative estimate of drug-likeness (QED) is 0.902.